The first-order chi connectivity index (χ1) is 7.08. The summed E-state index contributed by atoms with van der Waals surface area (Å²) in [6, 6.07) is 4.36. The molecule has 2 nitrogen and oxygen atoms in total. The second-order valence-corrected chi connectivity index (χ2v) is 5.82. The van der Waals surface area contributed by atoms with Crippen LogP contribution in [0.5, 0.6) is 0 Å². The van der Waals surface area contributed by atoms with Crippen molar-refractivity contribution in [3.05, 3.63) is 21.3 Å². The third-order valence-corrected chi connectivity index (χ3v) is 3.63. The number of thiophene rings is 1. The molecule has 0 amide bonds. The van der Waals surface area contributed by atoms with Crippen molar-refractivity contribution < 1.29 is 0 Å². The molecule has 1 rings (SSSR count). The van der Waals surface area contributed by atoms with Gasteiger partial charge in [0.05, 0.1) is 4.34 Å². The topological polar surface area (TPSA) is 29.3 Å². The zero-order valence-corrected chi connectivity index (χ0v) is 10.9. The van der Waals surface area contributed by atoms with Crippen molar-refractivity contribution in [3.8, 4) is 0 Å². The number of nitrogens with two attached hydrogens (primary N) is 1. The maximum Gasteiger partial charge on any atom is 0.0931 e. The van der Waals surface area contributed by atoms with E-state index in [1.165, 1.54) is 4.88 Å². The molecule has 0 saturated heterocycles. The number of halogens is 1. The zero-order valence-electron chi connectivity index (χ0n) is 9.37. The Morgan fingerprint density at radius 3 is 2.73 bits per heavy atom. The fourth-order valence-corrected chi connectivity index (χ4v) is 2.40. The lowest BCUT2D eigenvalue weighted by molar-refractivity contribution is 0.325. The van der Waals surface area contributed by atoms with E-state index in [1.54, 1.807) is 11.3 Å². The van der Waals surface area contributed by atoms with Crippen molar-refractivity contribution in [1.82, 2.24) is 4.90 Å². The summed E-state index contributed by atoms with van der Waals surface area (Å²) in [5.74, 6) is 0. The van der Waals surface area contributed by atoms with Gasteiger partial charge in [0, 0.05) is 17.5 Å². The lowest BCUT2D eigenvalue weighted by Crippen LogP contribution is -2.27. The Labute approximate surface area is 101 Å². The molecule has 0 spiro atoms. The fourth-order valence-electron chi connectivity index (χ4n) is 1.32. The van der Waals surface area contributed by atoms with Gasteiger partial charge in [-0.25, -0.2) is 0 Å². The summed E-state index contributed by atoms with van der Waals surface area (Å²) in [7, 11) is 2.14. The van der Waals surface area contributed by atoms with Crippen LogP contribution in [0, 0.1) is 0 Å². The molecular formula is C11H19ClN2S. The van der Waals surface area contributed by atoms with Crippen molar-refractivity contribution in [2.24, 2.45) is 5.73 Å². The molecule has 1 heterocycles. The van der Waals surface area contributed by atoms with E-state index in [0.29, 0.717) is 6.04 Å². The molecule has 86 valence electrons. The van der Waals surface area contributed by atoms with Crippen LogP contribution in [0.2, 0.25) is 4.34 Å². The Hall–Kier alpha value is -0.0900. The fraction of sp³-hybridized carbons (Fsp3) is 0.636. The molecule has 1 atom stereocenters. The second-order valence-electron chi connectivity index (χ2n) is 4.03. The summed E-state index contributed by atoms with van der Waals surface area (Å²) in [6.07, 6.45) is 2.13. The molecule has 4 heteroatoms. The van der Waals surface area contributed by atoms with Gasteiger partial charge >= 0.3 is 0 Å². The summed E-state index contributed by atoms with van der Waals surface area (Å²) in [5, 5.41) is 0. The van der Waals surface area contributed by atoms with E-state index in [9.17, 15) is 0 Å². The molecule has 1 unspecified atom stereocenters. The number of hydrogen-bond donors (Lipinski definition) is 1. The number of rotatable bonds is 6. The van der Waals surface area contributed by atoms with Crippen LogP contribution in [0.3, 0.4) is 0 Å². The normalized spacial score (nSPS) is 13.4. The molecule has 1 aromatic rings. The van der Waals surface area contributed by atoms with Crippen LogP contribution in [-0.2, 0) is 6.42 Å². The quantitative estimate of drug-likeness (QED) is 0.836. The van der Waals surface area contributed by atoms with Crippen molar-refractivity contribution in [2.45, 2.75) is 25.8 Å². The van der Waals surface area contributed by atoms with Crippen molar-refractivity contribution in [1.29, 1.82) is 0 Å². The maximum absolute atomic E-state index is 5.87. The van der Waals surface area contributed by atoms with E-state index >= 15 is 0 Å². The van der Waals surface area contributed by atoms with Crippen LogP contribution in [0.25, 0.3) is 0 Å². The van der Waals surface area contributed by atoms with E-state index in [4.69, 9.17) is 17.3 Å². The van der Waals surface area contributed by atoms with E-state index in [1.807, 2.05) is 13.0 Å². The van der Waals surface area contributed by atoms with Crippen LogP contribution in [0.4, 0.5) is 0 Å². The van der Waals surface area contributed by atoms with Gasteiger partial charge in [0.25, 0.3) is 0 Å². The molecule has 0 aliphatic heterocycles. The first-order valence-corrected chi connectivity index (χ1v) is 6.45. The summed E-state index contributed by atoms with van der Waals surface area (Å²) < 4.78 is 0.878. The molecule has 0 aliphatic carbocycles. The van der Waals surface area contributed by atoms with Gasteiger partial charge in [-0.2, -0.15) is 0 Å². The molecule has 0 saturated carbocycles. The highest BCUT2D eigenvalue weighted by Crippen LogP contribution is 2.21. The summed E-state index contributed by atoms with van der Waals surface area (Å²) in [4.78, 5) is 3.67. The monoisotopic (exact) mass is 246 g/mol. The third-order valence-electron chi connectivity index (χ3n) is 2.33. The molecule has 0 aromatic carbocycles. The van der Waals surface area contributed by atoms with Crippen molar-refractivity contribution in [2.75, 3.05) is 20.1 Å². The Morgan fingerprint density at radius 1 is 1.47 bits per heavy atom. The predicted molar refractivity (Wildman–Crippen MR) is 68.8 cm³/mol. The van der Waals surface area contributed by atoms with E-state index < -0.39 is 0 Å². The largest absolute Gasteiger partial charge is 0.328 e. The second kappa shape index (κ2) is 6.48. The molecule has 0 radical (unpaired) electrons. The first-order valence-electron chi connectivity index (χ1n) is 5.26. The molecular weight excluding hydrogens is 228 g/mol. The van der Waals surface area contributed by atoms with Gasteiger partial charge < -0.3 is 10.6 Å². The van der Waals surface area contributed by atoms with Crippen molar-refractivity contribution in [3.63, 3.8) is 0 Å². The van der Waals surface area contributed by atoms with E-state index in [0.717, 1.165) is 30.3 Å². The Balaban J connectivity index is 2.19. The first kappa shape index (κ1) is 13.0. The summed E-state index contributed by atoms with van der Waals surface area (Å²) in [5.41, 5.74) is 5.71. The Kier molecular flexibility index (Phi) is 5.61. The molecule has 15 heavy (non-hydrogen) atoms. The SMILES string of the molecule is CC(N)CCN(C)CCc1ccc(Cl)s1. The molecule has 1 aromatic heterocycles. The van der Waals surface area contributed by atoms with Crippen LogP contribution >= 0.6 is 22.9 Å². The summed E-state index contributed by atoms with van der Waals surface area (Å²) >= 11 is 7.54. The minimum atomic E-state index is 0.295. The maximum atomic E-state index is 5.87. The molecule has 2 N–H and O–H groups in total. The molecule has 0 bridgehead atoms. The Morgan fingerprint density at radius 2 is 2.20 bits per heavy atom. The predicted octanol–water partition coefficient (Wildman–Crippen LogP) is 2.61. The van der Waals surface area contributed by atoms with Gasteiger partial charge in [0.15, 0.2) is 0 Å². The van der Waals surface area contributed by atoms with Crippen LogP contribution in [0.15, 0.2) is 12.1 Å². The van der Waals surface area contributed by atoms with Gasteiger partial charge in [-0.05, 0) is 45.5 Å². The lowest BCUT2D eigenvalue weighted by atomic mass is 10.2. The van der Waals surface area contributed by atoms with Gasteiger partial charge in [0.2, 0.25) is 0 Å². The average Bonchev–Trinajstić information content (AvgIpc) is 2.58. The molecule has 0 fully saturated rings. The number of nitrogens with zero attached hydrogens (tertiary/aromatic N) is 1. The highest BCUT2D eigenvalue weighted by molar-refractivity contribution is 7.16. The number of hydrogen-bond acceptors (Lipinski definition) is 3. The van der Waals surface area contributed by atoms with E-state index in [2.05, 4.69) is 18.0 Å². The number of likely N-dealkylation sites (N-methyl/N-ethyl adjacent to an activating group) is 1. The smallest absolute Gasteiger partial charge is 0.0931 e. The zero-order chi connectivity index (χ0) is 11.3. The van der Waals surface area contributed by atoms with Crippen LogP contribution in [-0.4, -0.2) is 31.1 Å². The molecule has 0 aliphatic rings. The minimum Gasteiger partial charge on any atom is -0.328 e. The van der Waals surface area contributed by atoms with Gasteiger partial charge in [0.1, 0.15) is 0 Å². The average molecular weight is 247 g/mol. The van der Waals surface area contributed by atoms with E-state index in [-0.39, 0.29) is 0 Å². The van der Waals surface area contributed by atoms with Crippen molar-refractivity contribution >= 4 is 22.9 Å². The van der Waals surface area contributed by atoms with Gasteiger partial charge in [-0.3, -0.25) is 0 Å². The Bertz CT molecular complexity index is 286. The highest BCUT2D eigenvalue weighted by Gasteiger charge is 2.03. The minimum absolute atomic E-state index is 0.295. The van der Waals surface area contributed by atoms with Gasteiger partial charge in [-0.1, -0.05) is 11.6 Å². The van der Waals surface area contributed by atoms with Gasteiger partial charge in [-0.15, -0.1) is 11.3 Å². The highest BCUT2D eigenvalue weighted by atomic mass is 35.5. The standard InChI is InChI=1S/C11H19ClN2S/c1-9(13)5-7-14(2)8-6-10-3-4-11(12)15-10/h3-4,9H,5-8,13H2,1-2H3. The summed E-state index contributed by atoms with van der Waals surface area (Å²) in [6.45, 7) is 4.19. The third kappa shape index (κ3) is 5.52. The van der Waals surface area contributed by atoms with Crippen LogP contribution in [0.1, 0.15) is 18.2 Å². The lowest BCUT2D eigenvalue weighted by Gasteiger charge is -2.17. The van der Waals surface area contributed by atoms with Crippen LogP contribution < -0.4 is 5.73 Å².